The number of likely N-dealkylation sites (N-methyl/N-ethyl adjacent to an activating group) is 2. The maximum atomic E-state index is 13.5. The van der Waals surface area contributed by atoms with Gasteiger partial charge in [-0.25, -0.2) is 4.68 Å². The van der Waals surface area contributed by atoms with E-state index in [1.54, 1.807) is 23.7 Å². The second kappa shape index (κ2) is 12.3. The number of carbonyl (C=O) groups is 1. The van der Waals surface area contributed by atoms with Crippen molar-refractivity contribution in [2.45, 2.75) is 53.8 Å². The Balaban J connectivity index is 2.25. The maximum absolute atomic E-state index is 13.5. The lowest BCUT2D eigenvalue weighted by atomic mass is 9.93. The van der Waals surface area contributed by atoms with Crippen molar-refractivity contribution in [1.82, 2.24) is 24.8 Å². The summed E-state index contributed by atoms with van der Waals surface area (Å²) in [6.45, 7) is 17.2. The van der Waals surface area contributed by atoms with Gasteiger partial charge in [0.25, 0.3) is 5.91 Å². The molecule has 210 valence electrons. The Kier molecular flexibility index (Phi) is 9.40. The number of carbonyl (C=O) groups excluding carboxylic acids is 1. The number of nitrogens with zero attached hydrogens (tertiary/aromatic N) is 5. The summed E-state index contributed by atoms with van der Waals surface area (Å²) in [5.41, 5.74) is 4.69. The number of methoxy groups -OCH3 is 1. The van der Waals surface area contributed by atoms with E-state index in [4.69, 9.17) is 14.2 Å². The highest BCUT2D eigenvalue weighted by molar-refractivity contribution is 6.01. The first-order valence-corrected chi connectivity index (χ1v) is 13.0. The molecule has 2 heterocycles. The summed E-state index contributed by atoms with van der Waals surface area (Å²) >= 11 is 0. The SMILES string of the molecule is C=C(C(=O)N(C)C(C)(C)C)C1=C(N(C)C(/C=C\C)=C/C)c2cc(-c3cn(COCC)nn3)c(OC)cc2OC1. The molecule has 9 heteroatoms. The van der Waals surface area contributed by atoms with Crippen LogP contribution in [0.25, 0.3) is 17.0 Å². The molecule has 0 saturated carbocycles. The van der Waals surface area contributed by atoms with Gasteiger partial charge in [0.15, 0.2) is 0 Å². The van der Waals surface area contributed by atoms with Crippen LogP contribution < -0.4 is 9.47 Å². The summed E-state index contributed by atoms with van der Waals surface area (Å²) in [7, 11) is 5.38. The van der Waals surface area contributed by atoms with Crippen LogP contribution in [0.3, 0.4) is 0 Å². The van der Waals surface area contributed by atoms with E-state index < -0.39 is 0 Å². The average molecular weight is 536 g/mol. The largest absolute Gasteiger partial charge is 0.496 e. The number of amides is 1. The van der Waals surface area contributed by atoms with Crippen LogP contribution >= 0.6 is 0 Å². The molecular formula is C30H41N5O4. The topological polar surface area (TPSA) is 82.0 Å². The molecule has 0 aliphatic carbocycles. The van der Waals surface area contributed by atoms with Crippen molar-refractivity contribution in [3.05, 3.63) is 65.5 Å². The average Bonchev–Trinajstić information content (AvgIpc) is 3.40. The van der Waals surface area contributed by atoms with E-state index in [1.807, 2.05) is 85.1 Å². The zero-order valence-electron chi connectivity index (χ0n) is 24.7. The molecule has 0 spiro atoms. The number of benzene rings is 1. The Morgan fingerprint density at radius 2 is 1.95 bits per heavy atom. The Morgan fingerprint density at radius 1 is 1.23 bits per heavy atom. The van der Waals surface area contributed by atoms with Crippen LogP contribution in [0.5, 0.6) is 11.5 Å². The lowest BCUT2D eigenvalue weighted by Crippen LogP contribution is -2.43. The number of rotatable bonds is 10. The first-order chi connectivity index (χ1) is 18.5. The van der Waals surface area contributed by atoms with Crippen LogP contribution in [0.15, 0.2) is 60.0 Å². The molecule has 0 saturated heterocycles. The summed E-state index contributed by atoms with van der Waals surface area (Å²) in [6, 6.07) is 3.83. The molecule has 0 radical (unpaired) electrons. The fraction of sp³-hybridized carbons (Fsp3) is 0.433. The highest BCUT2D eigenvalue weighted by Crippen LogP contribution is 2.44. The molecule has 1 aliphatic heterocycles. The van der Waals surface area contributed by atoms with Crippen LogP contribution in [-0.4, -0.2) is 70.7 Å². The maximum Gasteiger partial charge on any atom is 0.253 e. The number of fused-ring (bicyclic) bond motifs is 1. The Hall–Kier alpha value is -3.85. The lowest BCUT2D eigenvalue weighted by Gasteiger charge is -2.36. The minimum absolute atomic E-state index is 0.156. The fourth-order valence-corrected chi connectivity index (χ4v) is 4.24. The van der Waals surface area contributed by atoms with Gasteiger partial charge in [-0.2, -0.15) is 0 Å². The summed E-state index contributed by atoms with van der Waals surface area (Å²) in [4.78, 5) is 17.3. The van der Waals surface area contributed by atoms with Crippen molar-refractivity contribution in [3.8, 4) is 22.8 Å². The van der Waals surface area contributed by atoms with Crippen molar-refractivity contribution in [2.24, 2.45) is 0 Å². The first kappa shape index (κ1) is 29.7. The predicted octanol–water partition coefficient (Wildman–Crippen LogP) is 5.28. The van der Waals surface area contributed by atoms with Crippen LogP contribution in [0, 0.1) is 0 Å². The Morgan fingerprint density at radius 3 is 2.54 bits per heavy atom. The van der Waals surface area contributed by atoms with Crippen molar-refractivity contribution < 1.29 is 19.0 Å². The van der Waals surface area contributed by atoms with Gasteiger partial charge in [0.2, 0.25) is 0 Å². The molecular weight excluding hydrogens is 494 g/mol. The van der Waals surface area contributed by atoms with Crippen LogP contribution in [0.1, 0.15) is 47.1 Å². The van der Waals surface area contributed by atoms with Gasteiger partial charge in [-0.1, -0.05) is 23.9 Å². The van der Waals surface area contributed by atoms with E-state index in [0.29, 0.717) is 41.7 Å². The molecule has 0 unspecified atom stereocenters. The van der Waals surface area contributed by atoms with Crippen LogP contribution in [-0.2, 0) is 16.3 Å². The van der Waals surface area contributed by atoms with Crippen molar-refractivity contribution in [3.63, 3.8) is 0 Å². The highest BCUT2D eigenvalue weighted by Gasteiger charge is 2.32. The minimum Gasteiger partial charge on any atom is -0.496 e. The number of allylic oxidation sites excluding steroid dienone is 3. The first-order valence-electron chi connectivity index (χ1n) is 13.0. The van der Waals surface area contributed by atoms with E-state index in [-0.39, 0.29) is 18.1 Å². The Bertz CT molecular complexity index is 1310. The van der Waals surface area contributed by atoms with Gasteiger partial charge in [-0.15, -0.1) is 5.10 Å². The molecule has 0 atom stereocenters. The highest BCUT2D eigenvalue weighted by atomic mass is 16.5. The van der Waals surface area contributed by atoms with E-state index in [2.05, 4.69) is 21.8 Å². The second-order valence-corrected chi connectivity index (χ2v) is 10.2. The molecule has 1 amide bonds. The fourth-order valence-electron chi connectivity index (χ4n) is 4.24. The van der Waals surface area contributed by atoms with Gasteiger partial charge in [-0.3, -0.25) is 4.79 Å². The molecule has 3 rings (SSSR count). The van der Waals surface area contributed by atoms with Gasteiger partial charge in [0.1, 0.15) is 30.5 Å². The molecule has 0 fully saturated rings. The summed E-state index contributed by atoms with van der Waals surface area (Å²) in [5, 5.41) is 8.56. The summed E-state index contributed by atoms with van der Waals surface area (Å²) in [6.07, 6.45) is 7.84. The third-order valence-corrected chi connectivity index (χ3v) is 6.75. The van der Waals surface area contributed by atoms with Gasteiger partial charge in [-0.05, 0) is 53.7 Å². The van der Waals surface area contributed by atoms with E-state index in [1.165, 1.54) is 0 Å². The van der Waals surface area contributed by atoms with Crippen molar-refractivity contribution in [1.29, 1.82) is 0 Å². The smallest absolute Gasteiger partial charge is 0.253 e. The Labute approximate surface area is 232 Å². The number of aromatic nitrogens is 3. The number of ether oxygens (including phenoxy) is 3. The van der Waals surface area contributed by atoms with Crippen LogP contribution in [0.2, 0.25) is 0 Å². The monoisotopic (exact) mass is 535 g/mol. The summed E-state index contributed by atoms with van der Waals surface area (Å²) < 4.78 is 19.0. The van der Waals surface area contributed by atoms with Gasteiger partial charge >= 0.3 is 0 Å². The molecule has 1 aliphatic rings. The predicted molar refractivity (Wildman–Crippen MR) is 154 cm³/mol. The zero-order valence-corrected chi connectivity index (χ0v) is 24.7. The van der Waals surface area contributed by atoms with Gasteiger partial charge < -0.3 is 24.0 Å². The second-order valence-electron chi connectivity index (χ2n) is 10.2. The van der Waals surface area contributed by atoms with E-state index >= 15 is 0 Å². The normalized spacial score (nSPS) is 13.8. The molecule has 0 N–H and O–H groups in total. The third kappa shape index (κ3) is 6.25. The van der Waals surface area contributed by atoms with E-state index in [9.17, 15) is 4.79 Å². The van der Waals surface area contributed by atoms with Gasteiger partial charge in [0, 0.05) is 60.3 Å². The third-order valence-electron chi connectivity index (χ3n) is 6.75. The van der Waals surface area contributed by atoms with Crippen LogP contribution in [0.4, 0.5) is 0 Å². The molecule has 1 aromatic heterocycles. The molecule has 9 nitrogen and oxygen atoms in total. The molecule has 0 bridgehead atoms. The molecule has 39 heavy (non-hydrogen) atoms. The zero-order chi connectivity index (χ0) is 28.9. The molecule has 2 aromatic rings. The van der Waals surface area contributed by atoms with Crippen molar-refractivity contribution in [2.75, 3.05) is 34.4 Å². The lowest BCUT2D eigenvalue weighted by molar-refractivity contribution is -0.129. The summed E-state index contributed by atoms with van der Waals surface area (Å²) in [5.74, 6) is 1.09. The van der Waals surface area contributed by atoms with E-state index in [0.717, 1.165) is 22.5 Å². The quantitative estimate of drug-likeness (QED) is 0.303. The number of hydrogen-bond donors (Lipinski definition) is 0. The van der Waals surface area contributed by atoms with Crippen molar-refractivity contribution >= 4 is 11.6 Å². The van der Waals surface area contributed by atoms with Gasteiger partial charge in [0.05, 0.1) is 19.0 Å². The number of hydrogen-bond acceptors (Lipinski definition) is 7. The molecule has 1 aromatic carbocycles. The minimum atomic E-state index is -0.368. The standard InChI is InChI=1S/C30H41N5O4/c1-11-14-21(12-2)33(8)28-23-15-22(25-17-35(32-31-25)19-38-13-3)26(37-10)16-27(23)39-18-24(28)20(4)29(36)34(9)30(5,6)7/h11-12,14-17H,4,13,18-19H2,1-3,5-10H3/b14-11-,21-12+.